The zero-order valence-corrected chi connectivity index (χ0v) is 17.8. The maximum Gasteiger partial charge on any atom is 0.259 e. The van der Waals surface area contributed by atoms with Crippen molar-refractivity contribution in [2.24, 2.45) is 0 Å². The Bertz CT molecular complexity index is 1190. The van der Waals surface area contributed by atoms with Crippen molar-refractivity contribution in [2.45, 2.75) is 26.7 Å². The van der Waals surface area contributed by atoms with Crippen molar-refractivity contribution >= 4 is 17.6 Å². The number of aromatic nitrogens is 1. The molecule has 0 bridgehead atoms. The minimum Gasteiger partial charge on any atom is -0.355 e. The van der Waals surface area contributed by atoms with Crippen LogP contribution >= 0.6 is 0 Å². The number of carbonyl (C=O) groups excluding carboxylic acids is 2. The summed E-state index contributed by atoms with van der Waals surface area (Å²) in [6.07, 6.45) is 1.23. The molecule has 1 aliphatic rings. The maximum absolute atomic E-state index is 14.4. The molecular formula is C25H24FN3O2. The van der Waals surface area contributed by atoms with Gasteiger partial charge in [-0.1, -0.05) is 18.2 Å². The van der Waals surface area contributed by atoms with Crippen LogP contribution in [0.2, 0.25) is 0 Å². The van der Waals surface area contributed by atoms with Crippen LogP contribution in [0.25, 0.3) is 0 Å². The van der Waals surface area contributed by atoms with Crippen LogP contribution in [0.4, 0.5) is 10.2 Å². The summed E-state index contributed by atoms with van der Waals surface area (Å²) in [5, 5.41) is 2.43. The monoisotopic (exact) mass is 417 g/mol. The molecule has 0 fully saturated rings. The first-order valence-corrected chi connectivity index (χ1v) is 10.3. The number of benzene rings is 2. The number of nitrogens with zero attached hydrogens (tertiary/aromatic N) is 2. The second-order valence-corrected chi connectivity index (χ2v) is 7.85. The Hall–Kier alpha value is -3.54. The molecule has 0 saturated carbocycles. The quantitative estimate of drug-likeness (QED) is 0.698. The SMILES string of the molecule is CNC(=O)c1ccc(Cc2cc3c(cc2C)CCN(c2cccc(C)n2)C3=O)cc1F. The zero-order valence-electron chi connectivity index (χ0n) is 17.8. The lowest BCUT2D eigenvalue weighted by Crippen LogP contribution is -2.38. The summed E-state index contributed by atoms with van der Waals surface area (Å²) in [7, 11) is 1.47. The number of fused-ring (bicyclic) bond motifs is 1. The van der Waals surface area contributed by atoms with Gasteiger partial charge in [0.05, 0.1) is 5.56 Å². The molecular weight excluding hydrogens is 393 g/mol. The Morgan fingerprint density at radius 2 is 1.97 bits per heavy atom. The molecule has 0 unspecified atom stereocenters. The molecule has 5 nitrogen and oxygen atoms in total. The fraction of sp³-hybridized carbons (Fsp3) is 0.240. The molecule has 2 aromatic carbocycles. The summed E-state index contributed by atoms with van der Waals surface area (Å²) in [4.78, 5) is 31.2. The first kappa shape index (κ1) is 20.7. The van der Waals surface area contributed by atoms with Gasteiger partial charge in [-0.2, -0.15) is 0 Å². The van der Waals surface area contributed by atoms with E-state index in [2.05, 4.69) is 16.4 Å². The number of aryl methyl sites for hydroxylation is 2. The number of hydrogen-bond acceptors (Lipinski definition) is 3. The number of hydrogen-bond donors (Lipinski definition) is 1. The minimum atomic E-state index is -0.555. The van der Waals surface area contributed by atoms with E-state index in [4.69, 9.17) is 0 Å². The van der Waals surface area contributed by atoms with Gasteiger partial charge in [-0.3, -0.25) is 14.5 Å². The highest BCUT2D eigenvalue weighted by molar-refractivity contribution is 6.08. The second-order valence-electron chi connectivity index (χ2n) is 7.85. The molecule has 1 N–H and O–H groups in total. The predicted molar refractivity (Wildman–Crippen MR) is 118 cm³/mol. The fourth-order valence-electron chi connectivity index (χ4n) is 3.99. The van der Waals surface area contributed by atoms with Gasteiger partial charge in [0, 0.05) is 24.8 Å². The average Bonchev–Trinajstić information content (AvgIpc) is 2.74. The van der Waals surface area contributed by atoms with Crippen molar-refractivity contribution < 1.29 is 14.0 Å². The largest absolute Gasteiger partial charge is 0.355 e. The first-order valence-electron chi connectivity index (χ1n) is 10.3. The van der Waals surface area contributed by atoms with Crippen LogP contribution in [0, 0.1) is 19.7 Å². The summed E-state index contributed by atoms with van der Waals surface area (Å²) >= 11 is 0. The van der Waals surface area contributed by atoms with Crippen LogP contribution < -0.4 is 10.2 Å². The summed E-state index contributed by atoms with van der Waals surface area (Å²) in [5.41, 5.74) is 5.33. The average molecular weight is 417 g/mol. The van der Waals surface area contributed by atoms with Crippen molar-refractivity contribution in [2.75, 3.05) is 18.5 Å². The van der Waals surface area contributed by atoms with E-state index in [0.717, 1.165) is 34.4 Å². The number of amides is 2. The molecule has 31 heavy (non-hydrogen) atoms. The summed E-state index contributed by atoms with van der Waals surface area (Å²) in [6.45, 7) is 4.50. The van der Waals surface area contributed by atoms with Crippen LogP contribution in [0.15, 0.2) is 48.5 Å². The third-order valence-corrected chi connectivity index (χ3v) is 5.69. The number of anilines is 1. The van der Waals surface area contributed by atoms with Gasteiger partial charge in [-0.05, 0) is 79.3 Å². The van der Waals surface area contributed by atoms with Gasteiger partial charge in [0.1, 0.15) is 11.6 Å². The lowest BCUT2D eigenvalue weighted by atomic mass is 9.90. The minimum absolute atomic E-state index is 0.0184. The van der Waals surface area contributed by atoms with Crippen LogP contribution in [0.1, 0.15) is 48.7 Å². The van der Waals surface area contributed by atoms with E-state index in [0.29, 0.717) is 24.3 Å². The Balaban J connectivity index is 1.64. The van der Waals surface area contributed by atoms with Crippen LogP contribution in [0.5, 0.6) is 0 Å². The molecule has 1 aromatic heterocycles. The molecule has 4 rings (SSSR count). The molecule has 0 aliphatic carbocycles. The second kappa shape index (κ2) is 8.30. The highest BCUT2D eigenvalue weighted by Crippen LogP contribution is 2.27. The van der Waals surface area contributed by atoms with Crippen LogP contribution in [-0.2, 0) is 12.8 Å². The van der Waals surface area contributed by atoms with E-state index in [9.17, 15) is 14.0 Å². The number of carbonyl (C=O) groups is 2. The third-order valence-electron chi connectivity index (χ3n) is 5.69. The Morgan fingerprint density at radius 1 is 1.16 bits per heavy atom. The normalized spacial score (nSPS) is 13.2. The van der Waals surface area contributed by atoms with Gasteiger partial charge in [0.15, 0.2) is 0 Å². The zero-order chi connectivity index (χ0) is 22.1. The molecule has 6 heteroatoms. The van der Waals surface area contributed by atoms with Gasteiger partial charge in [0.25, 0.3) is 11.8 Å². The Morgan fingerprint density at radius 3 is 2.68 bits per heavy atom. The van der Waals surface area contributed by atoms with Crippen molar-refractivity contribution in [1.82, 2.24) is 10.3 Å². The molecule has 0 spiro atoms. The number of nitrogens with one attached hydrogen (secondary N) is 1. The summed E-state index contributed by atoms with van der Waals surface area (Å²) in [6, 6.07) is 14.2. The predicted octanol–water partition coefficient (Wildman–Crippen LogP) is 3.99. The number of halogens is 1. The number of rotatable bonds is 4. The molecule has 0 atom stereocenters. The first-order chi connectivity index (χ1) is 14.9. The van der Waals surface area contributed by atoms with E-state index in [1.807, 2.05) is 38.1 Å². The molecule has 2 heterocycles. The third kappa shape index (κ3) is 4.06. The van der Waals surface area contributed by atoms with Gasteiger partial charge in [-0.25, -0.2) is 9.37 Å². The van der Waals surface area contributed by atoms with Crippen molar-refractivity contribution in [3.05, 3.63) is 93.4 Å². The standard InChI is InChI=1S/C25H24FN3O2/c1-15-11-18-9-10-29(23-6-4-5-16(2)28-23)25(31)21(18)14-19(15)12-17-7-8-20(22(26)13-17)24(30)27-3/h4-8,11,13-14H,9-10,12H2,1-3H3,(H,27,30). The molecule has 1 aliphatic heterocycles. The highest BCUT2D eigenvalue weighted by Gasteiger charge is 2.27. The summed E-state index contributed by atoms with van der Waals surface area (Å²) < 4.78 is 14.4. The molecule has 3 aromatic rings. The van der Waals surface area contributed by atoms with Crippen LogP contribution in [-0.4, -0.2) is 30.4 Å². The smallest absolute Gasteiger partial charge is 0.259 e. The van der Waals surface area contributed by atoms with E-state index < -0.39 is 11.7 Å². The lowest BCUT2D eigenvalue weighted by molar-refractivity contribution is 0.0956. The number of pyridine rings is 1. The summed E-state index contributed by atoms with van der Waals surface area (Å²) in [5.74, 6) is -0.420. The molecule has 0 saturated heterocycles. The van der Waals surface area contributed by atoms with Crippen molar-refractivity contribution in [3.8, 4) is 0 Å². The molecule has 158 valence electrons. The van der Waals surface area contributed by atoms with Gasteiger partial charge in [0.2, 0.25) is 0 Å². The van der Waals surface area contributed by atoms with Gasteiger partial charge >= 0.3 is 0 Å². The van der Waals surface area contributed by atoms with Crippen molar-refractivity contribution in [1.29, 1.82) is 0 Å². The lowest BCUT2D eigenvalue weighted by Gasteiger charge is -2.29. The Labute approximate surface area is 180 Å². The molecule has 2 amide bonds. The van der Waals surface area contributed by atoms with Gasteiger partial charge < -0.3 is 5.32 Å². The Kier molecular flexibility index (Phi) is 5.55. The van der Waals surface area contributed by atoms with Crippen LogP contribution in [0.3, 0.4) is 0 Å². The van der Waals surface area contributed by atoms with Gasteiger partial charge in [-0.15, -0.1) is 0 Å². The fourth-order valence-corrected chi connectivity index (χ4v) is 3.99. The molecule has 0 radical (unpaired) electrons. The van der Waals surface area contributed by atoms with E-state index in [1.165, 1.54) is 19.2 Å². The van der Waals surface area contributed by atoms with E-state index in [-0.39, 0.29) is 11.5 Å². The van der Waals surface area contributed by atoms with Crippen molar-refractivity contribution in [3.63, 3.8) is 0 Å². The van der Waals surface area contributed by atoms with E-state index >= 15 is 0 Å². The van der Waals surface area contributed by atoms with E-state index in [1.54, 1.807) is 11.0 Å². The maximum atomic E-state index is 14.4. The topological polar surface area (TPSA) is 62.3 Å². The highest BCUT2D eigenvalue weighted by atomic mass is 19.1.